The topological polar surface area (TPSA) is 96.9 Å². The highest BCUT2D eigenvalue weighted by molar-refractivity contribution is 8.15. The monoisotopic (exact) mass is 451 g/mol. The zero-order chi connectivity index (χ0) is 20.6. The second-order valence-electron chi connectivity index (χ2n) is 6.74. The summed E-state index contributed by atoms with van der Waals surface area (Å²) < 4.78 is 28.4. The molecule has 0 saturated carbocycles. The molecular formula is C19H18ClN3O4S2. The van der Waals surface area contributed by atoms with Crippen molar-refractivity contribution in [2.24, 2.45) is 4.99 Å². The number of ether oxygens (including phenoxy) is 1. The first-order chi connectivity index (χ1) is 13.8. The molecule has 2 N–H and O–H groups in total. The van der Waals surface area contributed by atoms with E-state index < -0.39 is 9.84 Å². The number of thioether (sulfide) groups is 1. The van der Waals surface area contributed by atoms with Crippen LogP contribution in [0.4, 0.5) is 11.4 Å². The molecule has 152 valence electrons. The number of sulfone groups is 1. The molecular weight excluding hydrogens is 434 g/mol. The lowest BCUT2D eigenvalue weighted by molar-refractivity contribution is 0.102. The van der Waals surface area contributed by atoms with Crippen molar-refractivity contribution in [3.05, 3.63) is 53.1 Å². The zero-order valence-electron chi connectivity index (χ0n) is 15.4. The van der Waals surface area contributed by atoms with Gasteiger partial charge in [-0.3, -0.25) is 9.79 Å². The zero-order valence-corrected chi connectivity index (χ0v) is 17.8. The number of nitrogens with one attached hydrogen (secondary N) is 2. The predicted molar refractivity (Wildman–Crippen MR) is 117 cm³/mol. The second-order valence-corrected chi connectivity index (χ2v) is 10.5. The molecule has 1 saturated heterocycles. The Kier molecular flexibility index (Phi) is 5.46. The van der Waals surface area contributed by atoms with Gasteiger partial charge in [0.15, 0.2) is 15.0 Å². The number of methoxy groups -OCH3 is 1. The normalized spacial score (nSPS) is 21.9. The van der Waals surface area contributed by atoms with Gasteiger partial charge in [-0.25, -0.2) is 8.42 Å². The Balaban J connectivity index is 1.38. The van der Waals surface area contributed by atoms with Gasteiger partial charge in [-0.05, 0) is 42.5 Å². The minimum absolute atomic E-state index is 0.0103. The minimum Gasteiger partial charge on any atom is -0.495 e. The van der Waals surface area contributed by atoms with Crippen molar-refractivity contribution in [2.75, 3.05) is 29.2 Å². The number of amidine groups is 1. The number of hydrogen-bond donors (Lipinski definition) is 2. The van der Waals surface area contributed by atoms with Gasteiger partial charge < -0.3 is 15.4 Å². The number of fused-ring (bicyclic) bond motifs is 1. The maximum absolute atomic E-state index is 12.4. The Morgan fingerprint density at radius 3 is 2.55 bits per heavy atom. The van der Waals surface area contributed by atoms with E-state index in [4.69, 9.17) is 16.3 Å². The summed E-state index contributed by atoms with van der Waals surface area (Å²) in [7, 11) is -1.44. The molecule has 0 spiro atoms. The van der Waals surface area contributed by atoms with E-state index in [1.165, 1.54) is 18.9 Å². The Morgan fingerprint density at radius 1 is 1.17 bits per heavy atom. The molecule has 2 heterocycles. The number of carbonyl (C=O) groups is 1. The van der Waals surface area contributed by atoms with Gasteiger partial charge in [0, 0.05) is 22.2 Å². The van der Waals surface area contributed by atoms with Crippen LogP contribution >= 0.6 is 23.4 Å². The minimum atomic E-state index is -2.96. The van der Waals surface area contributed by atoms with Gasteiger partial charge in [0.05, 0.1) is 29.7 Å². The van der Waals surface area contributed by atoms with E-state index in [9.17, 15) is 13.2 Å². The Bertz CT molecular complexity index is 1090. The lowest BCUT2D eigenvalue weighted by atomic mass is 10.2. The third-order valence-electron chi connectivity index (χ3n) is 4.63. The molecule has 2 aliphatic rings. The van der Waals surface area contributed by atoms with Crippen molar-refractivity contribution in [2.45, 2.75) is 11.3 Å². The van der Waals surface area contributed by atoms with Crippen molar-refractivity contribution in [3.63, 3.8) is 0 Å². The van der Waals surface area contributed by atoms with Crippen LogP contribution in [0, 0.1) is 0 Å². The van der Waals surface area contributed by atoms with Crippen molar-refractivity contribution in [1.82, 2.24) is 0 Å². The molecule has 2 aromatic rings. The van der Waals surface area contributed by atoms with Gasteiger partial charge >= 0.3 is 0 Å². The lowest BCUT2D eigenvalue weighted by Gasteiger charge is -2.10. The average Bonchev–Trinajstić information content (AvgIpc) is 3.15. The van der Waals surface area contributed by atoms with E-state index in [0.717, 1.165) is 5.69 Å². The SMILES string of the molecule is COc1ccc(NC(=O)c2ccc(NC3=N[C@H]4CS(=O)(=O)C[C@@H]4S3)cc2)cc1Cl. The summed E-state index contributed by atoms with van der Waals surface area (Å²) in [5, 5.41) is 7.09. The third kappa shape index (κ3) is 4.52. The number of anilines is 2. The fourth-order valence-corrected chi connectivity index (χ4v) is 7.13. The molecule has 0 aliphatic carbocycles. The summed E-state index contributed by atoms with van der Waals surface area (Å²) in [5.74, 6) is 0.565. The van der Waals surface area contributed by atoms with Crippen LogP contribution < -0.4 is 15.4 Å². The van der Waals surface area contributed by atoms with Crippen molar-refractivity contribution < 1.29 is 17.9 Å². The van der Waals surface area contributed by atoms with Gasteiger partial charge in [-0.2, -0.15) is 0 Å². The summed E-state index contributed by atoms with van der Waals surface area (Å²) in [6.07, 6.45) is 0. The average molecular weight is 452 g/mol. The molecule has 2 aliphatic heterocycles. The maximum atomic E-state index is 12.4. The van der Waals surface area contributed by atoms with Gasteiger partial charge in [0.2, 0.25) is 0 Å². The number of halogens is 1. The van der Waals surface area contributed by atoms with Crippen LogP contribution in [0.25, 0.3) is 0 Å². The molecule has 0 radical (unpaired) electrons. The largest absolute Gasteiger partial charge is 0.495 e. The van der Waals surface area contributed by atoms with E-state index in [0.29, 0.717) is 27.2 Å². The van der Waals surface area contributed by atoms with Crippen molar-refractivity contribution in [3.8, 4) is 5.75 Å². The van der Waals surface area contributed by atoms with E-state index in [1.54, 1.807) is 42.5 Å². The molecule has 0 bridgehead atoms. The number of carbonyl (C=O) groups excluding carboxylic acids is 1. The molecule has 0 unspecified atom stereocenters. The van der Waals surface area contributed by atoms with Crippen molar-refractivity contribution in [1.29, 1.82) is 0 Å². The summed E-state index contributed by atoms with van der Waals surface area (Å²) in [6.45, 7) is 0. The number of benzene rings is 2. The standard InChI is InChI=1S/C19H18ClN3O4S2/c1-27-16-7-6-13(8-14(16)20)21-18(24)11-2-4-12(5-3-11)22-19-23-15-9-29(25,26)10-17(15)28-19/h2-8,15,17H,9-10H2,1H3,(H,21,24)(H,22,23)/t15-,17-/m0/s1. The number of hydrogen-bond acceptors (Lipinski definition) is 7. The van der Waals surface area contributed by atoms with E-state index in [1.807, 2.05) is 0 Å². The van der Waals surface area contributed by atoms with Crippen LogP contribution in [-0.4, -0.2) is 49.4 Å². The first kappa shape index (κ1) is 20.1. The molecule has 10 heteroatoms. The molecule has 0 aromatic heterocycles. The maximum Gasteiger partial charge on any atom is 0.255 e. The van der Waals surface area contributed by atoms with E-state index in [2.05, 4.69) is 15.6 Å². The number of amides is 1. The Labute approximate surface area is 177 Å². The third-order valence-corrected chi connectivity index (χ3v) is 8.06. The number of aliphatic imine (C=N–C) groups is 1. The van der Waals surface area contributed by atoms with Crippen LogP contribution in [-0.2, 0) is 9.84 Å². The van der Waals surface area contributed by atoms with E-state index in [-0.39, 0.29) is 28.7 Å². The predicted octanol–water partition coefficient (Wildman–Crippen LogP) is 3.28. The van der Waals surface area contributed by atoms with Crippen LogP contribution in [0.5, 0.6) is 5.75 Å². The molecule has 1 fully saturated rings. The highest BCUT2D eigenvalue weighted by Gasteiger charge is 2.42. The smallest absolute Gasteiger partial charge is 0.255 e. The molecule has 29 heavy (non-hydrogen) atoms. The van der Waals surface area contributed by atoms with Crippen LogP contribution in [0.1, 0.15) is 10.4 Å². The van der Waals surface area contributed by atoms with Crippen molar-refractivity contribution >= 4 is 55.6 Å². The molecule has 2 atom stereocenters. The molecule has 7 nitrogen and oxygen atoms in total. The van der Waals surface area contributed by atoms with Gasteiger partial charge in [0.25, 0.3) is 5.91 Å². The summed E-state index contributed by atoms with van der Waals surface area (Å²) >= 11 is 7.53. The number of nitrogens with zero attached hydrogens (tertiary/aromatic N) is 1. The highest BCUT2D eigenvalue weighted by atomic mass is 35.5. The fourth-order valence-electron chi connectivity index (χ4n) is 3.19. The van der Waals surface area contributed by atoms with Crippen LogP contribution in [0.2, 0.25) is 5.02 Å². The summed E-state index contributed by atoms with van der Waals surface area (Å²) in [5.41, 5.74) is 1.84. The molecule has 1 amide bonds. The summed E-state index contributed by atoms with van der Waals surface area (Å²) in [4.78, 5) is 16.9. The highest BCUT2D eigenvalue weighted by Crippen LogP contribution is 2.34. The lowest BCUT2D eigenvalue weighted by Crippen LogP contribution is -2.13. The first-order valence-electron chi connectivity index (χ1n) is 8.80. The quantitative estimate of drug-likeness (QED) is 0.740. The molecule has 4 rings (SSSR count). The van der Waals surface area contributed by atoms with Gasteiger partial charge in [-0.15, -0.1) is 0 Å². The Morgan fingerprint density at radius 2 is 1.90 bits per heavy atom. The fraction of sp³-hybridized carbons (Fsp3) is 0.263. The van der Waals surface area contributed by atoms with E-state index >= 15 is 0 Å². The van der Waals surface area contributed by atoms with Crippen LogP contribution in [0.15, 0.2) is 47.5 Å². The summed E-state index contributed by atoms with van der Waals surface area (Å²) in [6, 6.07) is 11.8. The second kappa shape index (κ2) is 7.89. The number of rotatable bonds is 4. The van der Waals surface area contributed by atoms with Gasteiger partial charge in [-0.1, -0.05) is 23.4 Å². The Hall–Kier alpha value is -2.23. The first-order valence-corrected chi connectivity index (χ1v) is 11.9. The van der Waals surface area contributed by atoms with Gasteiger partial charge in [0.1, 0.15) is 5.75 Å². The van der Waals surface area contributed by atoms with Crippen LogP contribution in [0.3, 0.4) is 0 Å². The molecule has 2 aromatic carbocycles.